The molecule has 0 radical (unpaired) electrons. The van der Waals surface area contributed by atoms with Gasteiger partial charge >= 0.3 is 0 Å². The lowest BCUT2D eigenvalue weighted by Gasteiger charge is -2.38. The Morgan fingerprint density at radius 1 is 0.857 bits per heavy atom. The van der Waals surface area contributed by atoms with Crippen molar-refractivity contribution in [2.24, 2.45) is 5.92 Å². The standard InChI is InChI=1S/C35H23FN2O4/c36-23-15-13-21(14-16-23)31(39)30-29(32(40)28-19-22-8-2-6-12-27(22)42-28)35(25-10-4-5-11-26(25)37-34(35)41)33-24-9-3-1-7-20(24)17-18-38(30)33/h1-19,29-30,33H,(H,37,41)/t29-,30-,33+,35+/m0/s1. The molecule has 4 aromatic carbocycles. The number of nitrogens with zero attached hydrogens (tertiary/aromatic N) is 1. The highest BCUT2D eigenvalue weighted by molar-refractivity contribution is 6.16. The van der Waals surface area contributed by atoms with Crippen LogP contribution in [0.25, 0.3) is 17.0 Å². The van der Waals surface area contributed by atoms with Gasteiger partial charge in [-0.1, -0.05) is 60.7 Å². The highest BCUT2D eigenvalue weighted by Crippen LogP contribution is 2.62. The van der Waals surface area contributed by atoms with Crippen LogP contribution in [0, 0.1) is 11.7 Å². The van der Waals surface area contributed by atoms with Gasteiger partial charge in [0.05, 0.1) is 12.0 Å². The number of hydrogen-bond acceptors (Lipinski definition) is 5. The number of para-hydroxylation sites is 2. The second kappa shape index (κ2) is 8.85. The summed E-state index contributed by atoms with van der Waals surface area (Å²) in [6.07, 6.45) is 3.71. The molecule has 1 amide bonds. The average Bonchev–Trinajstić information content (AvgIpc) is 3.68. The van der Waals surface area contributed by atoms with E-state index in [0.717, 1.165) is 16.5 Å². The van der Waals surface area contributed by atoms with E-state index in [2.05, 4.69) is 5.32 Å². The number of halogens is 1. The van der Waals surface area contributed by atoms with Crippen molar-refractivity contribution < 1.29 is 23.2 Å². The summed E-state index contributed by atoms with van der Waals surface area (Å²) in [5, 5.41) is 3.77. The van der Waals surface area contributed by atoms with Gasteiger partial charge in [0.15, 0.2) is 11.5 Å². The molecule has 4 atom stereocenters. The van der Waals surface area contributed by atoms with Crippen LogP contribution in [0.1, 0.15) is 43.6 Å². The quantitative estimate of drug-likeness (QED) is 0.255. The third-order valence-electron chi connectivity index (χ3n) is 8.92. The van der Waals surface area contributed by atoms with E-state index in [4.69, 9.17) is 4.42 Å². The largest absolute Gasteiger partial charge is 0.453 e. The minimum Gasteiger partial charge on any atom is -0.453 e. The normalized spacial score (nSPS) is 23.5. The van der Waals surface area contributed by atoms with Crippen molar-refractivity contribution in [3.05, 3.63) is 143 Å². The van der Waals surface area contributed by atoms with Crippen molar-refractivity contribution in [2.45, 2.75) is 17.5 Å². The van der Waals surface area contributed by atoms with Crippen LogP contribution in [0.15, 0.2) is 114 Å². The number of hydrogen-bond donors (Lipinski definition) is 1. The van der Waals surface area contributed by atoms with Gasteiger partial charge in [-0.15, -0.1) is 0 Å². The third kappa shape index (κ3) is 3.22. The first-order chi connectivity index (χ1) is 20.5. The molecule has 5 aromatic rings. The Balaban J connectivity index is 1.43. The molecule has 7 heteroatoms. The molecule has 1 spiro atoms. The molecule has 0 aliphatic carbocycles. The number of anilines is 1. The number of carbonyl (C=O) groups excluding carboxylic acids is 3. The van der Waals surface area contributed by atoms with Crippen molar-refractivity contribution >= 4 is 40.2 Å². The molecule has 0 bridgehead atoms. The van der Waals surface area contributed by atoms with E-state index in [9.17, 15) is 18.8 Å². The second-order valence-electron chi connectivity index (χ2n) is 11.0. The highest BCUT2D eigenvalue weighted by Gasteiger charge is 2.71. The summed E-state index contributed by atoms with van der Waals surface area (Å²) < 4.78 is 20.0. The number of carbonyl (C=O) groups is 3. The van der Waals surface area contributed by atoms with E-state index in [1.54, 1.807) is 18.3 Å². The van der Waals surface area contributed by atoms with Crippen LogP contribution in [0.5, 0.6) is 0 Å². The van der Waals surface area contributed by atoms with Crippen molar-refractivity contribution in [1.29, 1.82) is 0 Å². The minimum absolute atomic E-state index is 0.0757. The molecule has 3 aliphatic rings. The van der Waals surface area contributed by atoms with Crippen LogP contribution >= 0.6 is 0 Å². The first-order valence-electron chi connectivity index (χ1n) is 13.8. The van der Waals surface area contributed by atoms with Crippen molar-refractivity contribution in [1.82, 2.24) is 4.90 Å². The Hall–Kier alpha value is -5.30. The van der Waals surface area contributed by atoms with Crippen molar-refractivity contribution in [3.8, 4) is 0 Å². The van der Waals surface area contributed by atoms with Gasteiger partial charge in [-0.2, -0.15) is 0 Å². The smallest absolute Gasteiger partial charge is 0.238 e. The van der Waals surface area contributed by atoms with E-state index in [1.165, 1.54) is 24.3 Å². The van der Waals surface area contributed by atoms with Gasteiger partial charge in [-0.05, 0) is 65.2 Å². The fourth-order valence-electron chi connectivity index (χ4n) is 7.21. The lowest BCUT2D eigenvalue weighted by molar-refractivity contribution is -0.122. The summed E-state index contributed by atoms with van der Waals surface area (Å²) in [5.74, 6) is -2.75. The lowest BCUT2D eigenvalue weighted by atomic mass is 9.63. The number of ketones is 2. The number of benzene rings is 4. The zero-order valence-corrected chi connectivity index (χ0v) is 22.2. The van der Waals surface area contributed by atoms with Crippen molar-refractivity contribution in [2.75, 3.05) is 5.32 Å². The molecule has 1 N–H and O–H groups in total. The van der Waals surface area contributed by atoms with Gasteiger partial charge in [0.1, 0.15) is 22.9 Å². The molecule has 42 heavy (non-hydrogen) atoms. The topological polar surface area (TPSA) is 79.6 Å². The molecule has 204 valence electrons. The number of rotatable bonds is 4. The van der Waals surface area contributed by atoms with E-state index in [1.807, 2.05) is 77.7 Å². The number of Topliss-reactive ketones (excluding diaryl/α,β-unsaturated/α-hetero) is 2. The van der Waals surface area contributed by atoms with E-state index < -0.39 is 35.0 Å². The van der Waals surface area contributed by atoms with Gasteiger partial charge < -0.3 is 14.6 Å². The van der Waals surface area contributed by atoms with Gasteiger partial charge in [0, 0.05) is 22.8 Å². The molecular weight excluding hydrogens is 531 g/mol. The summed E-state index contributed by atoms with van der Waals surface area (Å²) in [5.41, 5.74) is 2.31. The van der Waals surface area contributed by atoms with Crippen LogP contribution in [0.3, 0.4) is 0 Å². The maximum atomic E-state index is 14.9. The predicted octanol–water partition coefficient (Wildman–Crippen LogP) is 6.55. The molecule has 4 heterocycles. The van der Waals surface area contributed by atoms with Crippen LogP contribution in [0.2, 0.25) is 0 Å². The SMILES string of the molecule is O=C(c1ccc(F)cc1)[C@@H]1[C@@H](C(=O)c2cc3ccccc3o2)[C@@]2(C(=O)Nc3ccccc32)[C@H]2c3ccccc3C=CN12. The van der Waals surface area contributed by atoms with Crippen molar-refractivity contribution in [3.63, 3.8) is 0 Å². The molecule has 1 saturated heterocycles. The van der Waals surface area contributed by atoms with Gasteiger partial charge in [0.25, 0.3) is 0 Å². The summed E-state index contributed by atoms with van der Waals surface area (Å²) in [6, 6.07) is 27.6. The Morgan fingerprint density at radius 2 is 1.60 bits per heavy atom. The molecule has 1 aromatic heterocycles. The predicted molar refractivity (Wildman–Crippen MR) is 155 cm³/mol. The molecular formula is C35H23FN2O4. The number of fused-ring (bicyclic) bond motifs is 7. The first kappa shape index (κ1) is 24.5. The molecule has 8 rings (SSSR count). The molecule has 0 saturated carbocycles. The number of amides is 1. The number of furan rings is 1. The monoisotopic (exact) mass is 554 g/mol. The maximum absolute atomic E-state index is 14.9. The Kier molecular flexibility index (Phi) is 5.16. The van der Waals surface area contributed by atoms with E-state index >= 15 is 0 Å². The Labute approximate surface area is 240 Å². The maximum Gasteiger partial charge on any atom is 0.238 e. The highest BCUT2D eigenvalue weighted by atomic mass is 19.1. The second-order valence-corrected chi connectivity index (χ2v) is 11.0. The van der Waals surface area contributed by atoms with Crippen LogP contribution in [0.4, 0.5) is 10.1 Å². The third-order valence-corrected chi connectivity index (χ3v) is 8.92. The van der Waals surface area contributed by atoms with Crippen LogP contribution in [-0.2, 0) is 10.2 Å². The molecule has 6 nitrogen and oxygen atoms in total. The van der Waals surface area contributed by atoms with Crippen LogP contribution < -0.4 is 5.32 Å². The summed E-state index contributed by atoms with van der Waals surface area (Å²) >= 11 is 0. The lowest BCUT2D eigenvalue weighted by Crippen LogP contribution is -2.49. The van der Waals surface area contributed by atoms with E-state index in [-0.39, 0.29) is 23.0 Å². The van der Waals surface area contributed by atoms with Gasteiger partial charge in [0.2, 0.25) is 11.7 Å². The Morgan fingerprint density at radius 3 is 2.43 bits per heavy atom. The first-order valence-corrected chi connectivity index (χ1v) is 13.8. The van der Waals surface area contributed by atoms with Gasteiger partial charge in [-0.3, -0.25) is 14.4 Å². The van der Waals surface area contributed by atoms with Crippen LogP contribution in [-0.4, -0.2) is 28.4 Å². The molecule has 3 aliphatic heterocycles. The summed E-state index contributed by atoms with van der Waals surface area (Å²) in [7, 11) is 0. The number of nitrogens with one attached hydrogen (secondary N) is 1. The average molecular weight is 555 g/mol. The summed E-state index contributed by atoms with van der Waals surface area (Å²) in [6.45, 7) is 0. The minimum atomic E-state index is -1.46. The fourth-order valence-corrected chi connectivity index (χ4v) is 7.21. The van der Waals surface area contributed by atoms with Gasteiger partial charge in [-0.25, -0.2) is 4.39 Å². The molecule has 1 fully saturated rings. The van der Waals surface area contributed by atoms with E-state index in [0.29, 0.717) is 16.8 Å². The Bertz CT molecular complexity index is 1940. The fraction of sp³-hybridized carbons (Fsp3) is 0.114. The zero-order valence-electron chi connectivity index (χ0n) is 22.2. The molecule has 0 unspecified atom stereocenters. The summed E-state index contributed by atoms with van der Waals surface area (Å²) in [4.78, 5) is 45.7. The zero-order chi connectivity index (χ0) is 28.6.